The van der Waals surface area contributed by atoms with Crippen molar-refractivity contribution in [2.45, 2.75) is 39.7 Å². The normalized spacial score (nSPS) is 22.7. The first-order chi connectivity index (χ1) is 9.32. The fourth-order valence-electron chi connectivity index (χ4n) is 2.85. The van der Waals surface area contributed by atoms with Gasteiger partial charge in [0, 0.05) is 27.3 Å². The van der Waals surface area contributed by atoms with Crippen molar-refractivity contribution in [2.24, 2.45) is 11.3 Å². The number of likely N-dealkylation sites (tertiary alicyclic amines) is 1. The molecule has 0 spiro atoms. The summed E-state index contributed by atoms with van der Waals surface area (Å²) >= 11 is 5.26. The van der Waals surface area contributed by atoms with Gasteiger partial charge >= 0.3 is 5.97 Å². The Morgan fingerprint density at radius 1 is 1.60 bits per heavy atom. The summed E-state index contributed by atoms with van der Waals surface area (Å²) in [4.78, 5) is 15.2. The van der Waals surface area contributed by atoms with Gasteiger partial charge in [-0.25, -0.2) is 0 Å². The summed E-state index contributed by atoms with van der Waals surface area (Å²) in [6.45, 7) is 7.86. The Morgan fingerprint density at radius 2 is 2.30 bits per heavy atom. The second-order valence-electron chi connectivity index (χ2n) is 6.20. The van der Waals surface area contributed by atoms with Crippen molar-refractivity contribution >= 4 is 33.2 Å². The van der Waals surface area contributed by atoms with Crippen molar-refractivity contribution in [1.29, 1.82) is 0 Å². The summed E-state index contributed by atoms with van der Waals surface area (Å²) in [6, 6.07) is 2.53. The first-order valence-corrected chi connectivity index (χ1v) is 8.71. The highest BCUT2D eigenvalue weighted by atomic mass is 79.9. The third-order valence-electron chi connectivity index (χ3n) is 4.57. The van der Waals surface area contributed by atoms with Crippen LogP contribution in [0.2, 0.25) is 0 Å². The molecule has 1 fully saturated rings. The molecule has 2 rings (SSSR count). The highest BCUT2D eigenvalue weighted by Crippen LogP contribution is 2.38. The number of rotatable bonds is 4. The van der Waals surface area contributed by atoms with Crippen molar-refractivity contribution in [2.75, 3.05) is 13.1 Å². The van der Waals surface area contributed by atoms with Crippen molar-refractivity contribution in [3.05, 3.63) is 20.8 Å². The first kappa shape index (κ1) is 16.0. The van der Waals surface area contributed by atoms with Crippen LogP contribution >= 0.6 is 27.3 Å². The van der Waals surface area contributed by atoms with Crippen LogP contribution in [0, 0.1) is 11.3 Å². The fraction of sp³-hybridized carbons (Fsp3) is 0.667. The van der Waals surface area contributed by atoms with E-state index in [1.54, 1.807) is 11.3 Å². The van der Waals surface area contributed by atoms with Crippen LogP contribution in [0.5, 0.6) is 0 Å². The Morgan fingerprint density at radius 3 is 2.85 bits per heavy atom. The maximum atomic E-state index is 11.4. The van der Waals surface area contributed by atoms with Gasteiger partial charge in [0.25, 0.3) is 0 Å². The van der Waals surface area contributed by atoms with Gasteiger partial charge in [0.1, 0.15) is 0 Å². The van der Waals surface area contributed by atoms with Crippen LogP contribution in [0.3, 0.4) is 0 Å². The van der Waals surface area contributed by atoms with E-state index < -0.39 is 11.4 Å². The third-order valence-corrected chi connectivity index (χ3v) is 6.44. The molecule has 1 aromatic rings. The highest BCUT2D eigenvalue weighted by Gasteiger charge is 2.39. The lowest BCUT2D eigenvalue weighted by atomic mass is 9.74. The molecule has 20 heavy (non-hydrogen) atoms. The molecule has 1 aromatic heterocycles. The Hall–Kier alpha value is -0.390. The predicted octanol–water partition coefficient (Wildman–Crippen LogP) is 4.39. The van der Waals surface area contributed by atoms with E-state index >= 15 is 0 Å². The van der Waals surface area contributed by atoms with Crippen LogP contribution < -0.4 is 0 Å². The monoisotopic (exact) mass is 359 g/mol. The molecule has 0 aromatic carbocycles. The topological polar surface area (TPSA) is 40.5 Å². The second kappa shape index (κ2) is 6.16. The van der Waals surface area contributed by atoms with Crippen LogP contribution in [-0.4, -0.2) is 29.1 Å². The summed E-state index contributed by atoms with van der Waals surface area (Å²) in [5.74, 6) is -0.463. The van der Waals surface area contributed by atoms with E-state index in [1.807, 2.05) is 13.8 Å². The molecule has 0 bridgehead atoms. The van der Waals surface area contributed by atoms with E-state index in [4.69, 9.17) is 0 Å². The molecule has 3 nitrogen and oxygen atoms in total. The smallest absolute Gasteiger partial charge is 0.309 e. The number of hydrogen-bond acceptors (Lipinski definition) is 3. The summed E-state index contributed by atoms with van der Waals surface area (Å²) < 4.78 is 1.13. The molecular formula is C15H22BrNO2S. The van der Waals surface area contributed by atoms with Gasteiger partial charge in [0.15, 0.2) is 0 Å². The van der Waals surface area contributed by atoms with Gasteiger partial charge in [0.2, 0.25) is 0 Å². The summed E-state index contributed by atoms with van der Waals surface area (Å²) in [6.07, 6.45) is 2.09. The lowest BCUT2D eigenvalue weighted by Gasteiger charge is -2.41. The number of carboxylic acid groups (broad SMARTS) is 1. The van der Waals surface area contributed by atoms with Crippen molar-refractivity contribution in [1.82, 2.24) is 4.90 Å². The average Bonchev–Trinajstić information content (AvgIpc) is 2.84. The van der Waals surface area contributed by atoms with E-state index in [1.165, 1.54) is 4.88 Å². The first-order valence-electron chi connectivity index (χ1n) is 7.03. The standard InChI is InChI=1S/C15H22BrNO2S/c1-10(13-7-12(16)9-20-13)17-6-4-5-11(8-17)15(2,3)14(18)19/h7,9-11H,4-6,8H2,1-3H3,(H,18,19). The van der Waals surface area contributed by atoms with E-state index in [2.05, 4.69) is 39.2 Å². The minimum absolute atomic E-state index is 0.222. The van der Waals surface area contributed by atoms with Gasteiger partial charge in [0.05, 0.1) is 5.41 Å². The molecule has 1 N–H and O–H groups in total. The van der Waals surface area contributed by atoms with E-state index in [9.17, 15) is 9.90 Å². The molecule has 1 aliphatic rings. The fourth-order valence-corrected chi connectivity index (χ4v) is 4.39. The maximum absolute atomic E-state index is 11.4. The van der Waals surface area contributed by atoms with E-state index in [0.717, 1.165) is 30.4 Å². The Bertz CT molecular complexity index is 486. The molecule has 0 saturated carbocycles. The molecule has 1 saturated heterocycles. The van der Waals surface area contributed by atoms with Crippen molar-refractivity contribution in [3.8, 4) is 0 Å². The summed E-state index contributed by atoms with van der Waals surface area (Å²) in [5.41, 5.74) is -0.644. The molecule has 0 aliphatic carbocycles. The van der Waals surface area contributed by atoms with Crippen molar-refractivity contribution in [3.63, 3.8) is 0 Å². The van der Waals surface area contributed by atoms with Crippen molar-refractivity contribution < 1.29 is 9.90 Å². The van der Waals surface area contributed by atoms with Gasteiger partial charge in [-0.3, -0.25) is 9.69 Å². The van der Waals surface area contributed by atoms with Gasteiger partial charge < -0.3 is 5.11 Å². The van der Waals surface area contributed by atoms with Crippen LogP contribution in [0.15, 0.2) is 15.9 Å². The predicted molar refractivity (Wildman–Crippen MR) is 86.1 cm³/mol. The number of carbonyl (C=O) groups is 1. The van der Waals surface area contributed by atoms with Gasteiger partial charge in [-0.15, -0.1) is 11.3 Å². The summed E-state index contributed by atoms with van der Waals surface area (Å²) in [7, 11) is 0. The zero-order valence-electron chi connectivity index (χ0n) is 12.2. The zero-order valence-corrected chi connectivity index (χ0v) is 14.6. The number of hydrogen-bond donors (Lipinski definition) is 1. The molecule has 0 radical (unpaired) electrons. The largest absolute Gasteiger partial charge is 0.481 e. The molecule has 112 valence electrons. The molecule has 2 unspecified atom stereocenters. The molecular weight excluding hydrogens is 338 g/mol. The van der Waals surface area contributed by atoms with E-state index in [-0.39, 0.29) is 5.92 Å². The molecule has 1 aliphatic heterocycles. The highest BCUT2D eigenvalue weighted by molar-refractivity contribution is 9.10. The number of carboxylic acids is 1. The van der Waals surface area contributed by atoms with Crippen LogP contribution in [0.1, 0.15) is 44.5 Å². The molecule has 2 atom stereocenters. The molecule has 5 heteroatoms. The second-order valence-corrected chi connectivity index (χ2v) is 8.06. The number of nitrogens with zero attached hydrogens (tertiary/aromatic N) is 1. The number of piperidine rings is 1. The number of thiophene rings is 1. The van der Waals surface area contributed by atoms with Crippen LogP contribution in [0.25, 0.3) is 0 Å². The molecule has 2 heterocycles. The van der Waals surface area contributed by atoms with Crippen LogP contribution in [0.4, 0.5) is 0 Å². The Balaban J connectivity index is 2.09. The lowest BCUT2D eigenvalue weighted by Crippen LogP contribution is -2.45. The number of halogens is 1. The Kier molecular flexibility index (Phi) is 4.92. The maximum Gasteiger partial charge on any atom is 0.309 e. The Labute approximate surface area is 133 Å². The number of aliphatic carboxylic acids is 1. The van der Waals surface area contributed by atoms with Gasteiger partial charge in [-0.1, -0.05) is 0 Å². The zero-order chi connectivity index (χ0) is 14.9. The quantitative estimate of drug-likeness (QED) is 0.866. The van der Waals surface area contributed by atoms with E-state index in [0.29, 0.717) is 6.04 Å². The van der Waals surface area contributed by atoms with Crippen LogP contribution in [-0.2, 0) is 4.79 Å². The average molecular weight is 360 g/mol. The molecule has 0 amide bonds. The van der Waals surface area contributed by atoms with Gasteiger partial charge in [-0.2, -0.15) is 0 Å². The minimum Gasteiger partial charge on any atom is -0.481 e. The minimum atomic E-state index is -0.684. The SMILES string of the molecule is CC(c1cc(Br)cs1)N1CCCC(C(C)(C)C(=O)O)C1. The summed E-state index contributed by atoms with van der Waals surface area (Å²) in [5, 5.41) is 11.5. The third kappa shape index (κ3) is 3.26. The lowest BCUT2D eigenvalue weighted by molar-refractivity contribution is -0.151. The van der Waals surface area contributed by atoms with Gasteiger partial charge in [-0.05, 0) is 68.1 Å².